The lowest BCUT2D eigenvalue weighted by atomic mass is 9.84. The van der Waals surface area contributed by atoms with Gasteiger partial charge in [0.1, 0.15) is 12.1 Å². The summed E-state index contributed by atoms with van der Waals surface area (Å²) in [6.45, 7) is 5.04. The SMILES string of the molecule is CC(C)(CCNc1ncnc2c1CCC2)CCC(=O)O. The van der Waals surface area contributed by atoms with Crippen molar-refractivity contribution in [1.29, 1.82) is 0 Å². The van der Waals surface area contributed by atoms with E-state index in [-0.39, 0.29) is 11.8 Å². The van der Waals surface area contributed by atoms with Crippen molar-refractivity contribution in [1.82, 2.24) is 9.97 Å². The van der Waals surface area contributed by atoms with Crippen LogP contribution in [-0.4, -0.2) is 27.6 Å². The summed E-state index contributed by atoms with van der Waals surface area (Å²) >= 11 is 0. The fourth-order valence-electron chi connectivity index (χ4n) is 2.60. The lowest BCUT2D eigenvalue weighted by Crippen LogP contribution is -2.19. The molecule has 0 aliphatic heterocycles. The van der Waals surface area contributed by atoms with Gasteiger partial charge in [-0.25, -0.2) is 9.97 Å². The Hall–Kier alpha value is -1.65. The summed E-state index contributed by atoms with van der Waals surface area (Å²) < 4.78 is 0. The van der Waals surface area contributed by atoms with Gasteiger partial charge in [-0.15, -0.1) is 0 Å². The predicted octanol–water partition coefficient (Wildman–Crippen LogP) is 2.66. The largest absolute Gasteiger partial charge is 0.481 e. The van der Waals surface area contributed by atoms with Crippen molar-refractivity contribution in [3.63, 3.8) is 0 Å². The van der Waals surface area contributed by atoms with Crippen LogP contribution in [0.2, 0.25) is 0 Å². The first kappa shape index (κ1) is 14.8. The number of hydrogen-bond donors (Lipinski definition) is 2. The van der Waals surface area contributed by atoms with E-state index in [0.29, 0.717) is 6.42 Å². The lowest BCUT2D eigenvalue weighted by molar-refractivity contribution is -0.137. The number of aryl methyl sites for hydroxylation is 1. The van der Waals surface area contributed by atoms with Gasteiger partial charge in [-0.1, -0.05) is 13.8 Å². The number of rotatable bonds is 7. The number of aromatic nitrogens is 2. The molecule has 0 radical (unpaired) electrons. The van der Waals surface area contributed by atoms with E-state index in [9.17, 15) is 4.79 Å². The molecule has 20 heavy (non-hydrogen) atoms. The number of nitrogens with one attached hydrogen (secondary N) is 1. The van der Waals surface area contributed by atoms with E-state index in [4.69, 9.17) is 5.11 Å². The molecule has 0 bridgehead atoms. The van der Waals surface area contributed by atoms with E-state index in [1.165, 1.54) is 11.3 Å². The molecule has 0 unspecified atom stereocenters. The normalized spacial score (nSPS) is 14.1. The Kier molecular flexibility index (Phi) is 4.57. The van der Waals surface area contributed by atoms with Crippen LogP contribution in [0.3, 0.4) is 0 Å². The quantitative estimate of drug-likeness (QED) is 0.801. The molecule has 110 valence electrons. The van der Waals surface area contributed by atoms with E-state index < -0.39 is 5.97 Å². The first-order valence-electron chi connectivity index (χ1n) is 7.26. The van der Waals surface area contributed by atoms with Gasteiger partial charge in [0.2, 0.25) is 0 Å². The van der Waals surface area contributed by atoms with Crippen LogP contribution in [0.25, 0.3) is 0 Å². The highest BCUT2D eigenvalue weighted by molar-refractivity contribution is 5.66. The molecule has 0 atom stereocenters. The molecule has 1 aromatic rings. The minimum absolute atomic E-state index is 0.0294. The zero-order valence-electron chi connectivity index (χ0n) is 12.3. The summed E-state index contributed by atoms with van der Waals surface area (Å²) in [4.78, 5) is 19.3. The number of carboxylic acid groups (broad SMARTS) is 1. The molecule has 1 aliphatic carbocycles. The predicted molar refractivity (Wildman–Crippen MR) is 77.8 cm³/mol. The van der Waals surface area contributed by atoms with Crippen molar-refractivity contribution in [3.8, 4) is 0 Å². The van der Waals surface area contributed by atoms with Gasteiger partial charge in [0, 0.05) is 24.2 Å². The Morgan fingerprint density at radius 1 is 1.35 bits per heavy atom. The van der Waals surface area contributed by atoms with Gasteiger partial charge >= 0.3 is 5.97 Å². The average Bonchev–Trinajstić information content (AvgIpc) is 2.85. The first-order valence-corrected chi connectivity index (χ1v) is 7.26. The van der Waals surface area contributed by atoms with Crippen LogP contribution < -0.4 is 5.32 Å². The van der Waals surface area contributed by atoms with Crippen LogP contribution in [0.15, 0.2) is 6.33 Å². The summed E-state index contributed by atoms with van der Waals surface area (Å²) in [6.07, 6.45) is 6.76. The Labute approximate surface area is 119 Å². The molecule has 5 heteroatoms. The third-order valence-electron chi connectivity index (χ3n) is 3.98. The molecule has 0 aromatic carbocycles. The van der Waals surface area contributed by atoms with E-state index in [1.807, 2.05) is 0 Å². The summed E-state index contributed by atoms with van der Waals surface area (Å²) in [6, 6.07) is 0. The smallest absolute Gasteiger partial charge is 0.303 e. The zero-order chi connectivity index (χ0) is 14.6. The van der Waals surface area contributed by atoms with Crippen LogP contribution in [0.5, 0.6) is 0 Å². The number of carboxylic acids is 1. The standard InChI is InChI=1S/C15H23N3O2/c1-15(2,7-6-13(19)20)8-9-16-14-11-4-3-5-12(11)17-10-18-14/h10H,3-9H2,1-2H3,(H,19,20)(H,16,17,18). The molecule has 2 rings (SSSR count). The lowest BCUT2D eigenvalue weighted by Gasteiger charge is -2.24. The Bertz CT molecular complexity index is 486. The number of aliphatic carboxylic acids is 1. The zero-order valence-corrected chi connectivity index (χ0v) is 12.3. The van der Waals surface area contributed by atoms with Crippen molar-refractivity contribution in [3.05, 3.63) is 17.6 Å². The molecular weight excluding hydrogens is 254 g/mol. The average molecular weight is 277 g/mol. The van der Waals surface area contributed by atoms with Crippen molar-refractivity contribution in [2.45, 2.75) is 52.4 Å². The highest BCUT2D eigenvalue weighted by atomic mass is 16.4. The second-order valence-corrected chi connectivity index (χ2v) is 6.24. The highest BCUT2D eigenvalue weighted by Gasteiger charge is 2.20. The number of anilines is 1. The van der Waals surface area contributed by atoms with E-state index in [1.54, 1.807) is 6.33 Å². The van der Waals surface area contributed by atoms with Crippen molar-refractivity contribution < 1.29 is 9.90 Å². The van der Waals surface area contributed by atoms with Gasteiger partial charge in [-0.3, -0.25) is 4.79 Å². The molecular formula is C15H23N3O2. The molecule has 1 heterocycles. The monoisotopic (exact) mass is 277 g/mol. The van der Waals surface area contributed by atoms with Crippen molar-refractivity contribution >= 4 is 11.8 Å². The van der Waals surface area contributed by atoms with Gasteiger partial charge in [0.15, 0.2) is 0 Å². The Morgan fingerprint density at radius 2 is 2.15 bits per heavy atom. The van der Waals surface area contributed by atoms with E-state index in [2.05, 4.69) is 29.1 Å². The number of hydrogen-bond acceptors (Lipinski definition) is 4. The summed E-state index contributed by atoms with van der Waals surface area (Å²) in [7, 11) is 0. The third-order valence-corrected chi connectivity index (χ3v) is 3.98. The van der Waals surface area contributed by atoms with Gasteiger partial charge in [0.25, 0.3) is 0 Å². The third kappa shape index (κ3) is 3.92. The molecule has 0 spiro atoms. The summed E-state index contributed by atoms with van der Waals surface area (Å²) in [5, 5.41) is 12.1. The molecule has 2 N–H and O–H groups in total. The van der Waals surface area contributed by atoms with Crippen molar-refractivity contribution in [2.24, 2.45) is 5.41 Å². The van der Waals surface area contributed by atoms with Crippen LogP contribution in [0, 0.1) is 5.41 Å². The van der Waals surface area contributed by atoms with Crippen LogP contribution in [-0.2, 0) is 17.6 Å². The summed E-state index contributed by atoms with van der Waals surface area (Å²) in [5.41, 5.74) is 2.46. The molecule has 0 saturated heterocycles. The maximum atomic E-state index is 10.6. The molecule has 1 aliphatic rings. The highest BCUT2D eigenvalue weighted by Crippen LogP contribution is 2.28. The molecule has 0 amide bonds. The minimum Gasteiger partial charge on any atom is -0.481 e. The Morgan fingerprint density at radius 3 is 2.90 bits per heavy atom. The molecule has 5 nitrogen and oxygen atoms in total. The van der Waals surface area contributed by atoms with Gasteiger partial charge in [-0.2, -0.15) is 0 Å². The topological polar surface area (TPSA) is 75.1 Å². The number of fused-ring (bicyclic) bond motifs is 1. The van der Waals surface area contributed by atoms with Crippen LogP contribution >= 0.6 is 0 Å². The summed E-state index contributed by atoms with van der Waals surface area (Å²) in [5.74, 6) is 0.237. The molecule has 1 aromatic heterocycles. The fourth-order valence-corrected chi connectivity index (χ4v) is 2.60. The van der Waals surface area contributed by atoms with Crippen LogP contribution in [0.1, 0.15) is 50.8 Å². The van der Waals surface area contributed by atoms with Crippen LogP contribution in [0.4, 0.5) is 5.82 Å². The van der Waals surface area contributed by atoms with E-state index in [0.717, 1.165) is 38.0 Å². The maximum absolute atomic E-state index is 10.6. The first-order chi connectivity index (χ1) is 9.48. The van der Waals surface area contributed by atoms with E-state index >= 15 is 0 Å². The maximum Gasteiger partial charge on any atom is 0.303 e. The number of nitrogens with zero attached hydrogens (tertiary/aromatic N) is 2. The van der Waals surface area contributed by atoms with Gasteiger partial charge in [-0.05, 0) is 37.5 Å². The fraction of sp³-hybridized carbons (Fsp3) is 0.667. The molecule has 0 fully saturated rings. The minimum atomic E-state index is -0.723. The molecule has 0 saturated carbocycles. The van der Waals surface area contributed by atoms with Gasteiger partial charge < -0.3 is 10.4 Å². The second kappa shape index (κ2) is 6.20. The number of carbonyl (C=O) groups is 1. The second-order valence-electron chi connectivity index (χ2n) is 6.24. The van der Waals surface area contributed by atoms with Crippen molar-refractivity contribution in [2.75, 3.05) is 11.9 Å². The van der Waals surface area contributed by atoms with Gasteiger partial charge in [0.05, 0.1) is 0 Å². The Balaban J connectivity index is 1.84.